The van der Waals surface area contributed by atoms with Crippen molar-refractivity contribution < 1.29 is 9.13 Å². The predicted octanol–water partition coefficient (Wildman–Crippen LogP) is 3.29. The van der Waals surface area contributed by atoms with Crippen LogP contribution in [0.25, 0.3) is 0 Å². The minimum absolute atomic E-state index is 0.152. The SMILES string of the molecule is CNC(Cc1ccc(Br)cc1F)C1CCCCO1. The summed E-state index contributed by atoms with van der Waals surface area (Å²) >= 11 is 3.28. The van der Waals surface area contributed by atoms with Gasteiger partial charge in [-0.2, -0.15) is 0 Å². The van der Waals surface area contributed by atoms with Crippen LogP contribution in [0.5, 0.6) is 0 Å². The van der Waals surface area contributed by atoms with Crippen LogP contribution in [-0.4, -0.2) is 25.8 Å². The van der Waals surface area contributed by atoms with Gasteiger partial charge in [-0.1, -0.05) is 22.0 Å². The smallest absolute Gasteiger partial charge is 0.127 e. The van der Waals surface area contributed by atoms with Crippen LogP contribution in [0.3, 0.4) is 0 Å². The summed E-state index contributed by atoms with van der Waals surface area (Å²) in [5.41, 5.74) is 0.742. The second-order valence-electron chi connectivity index (χ2n) is 4.74. The fraction of sp³-hybridized carbons (Fsp3) is 0.571. The molecule has 1 N–H and O–H groups in total. The predicted molar refractivity (Wildman–Crippen MR) is 74.2 cm³/mol. The van der Waals surface area contributed by atoms with Crippen molar-refractivity contribution >= 4 is 15.9 Å². The number of hydrogen-bond acceptors (Lipinski definition) is 2. The summed E-state index contributed by atoms with van der Waals surface area (Å²) in [4.78, 5) is 0. The largest absolute Gasteiger partial charge is 0.377 e. The van der Waals surface area contributed by atoms with E-state index in [9.17, 15) is 4.39 Å². The van der Waals surface area contributed by atoms with E-state index in [1.807, 2.05) is 19.2 Å². The van der Waals surface area contributed by atoms with E-state index in [4.69, 9.17) is 4.74 Å². The number of benzene rings is 1. The molecule has 2 nitrogen and oxygen atoms in total. The summed E-state index contributed by atoms with van der Waals surface area (Å²) < 4.78 is 20.4. The molecule has 1 aliphatic heterocycles. The van der Waals surface area contributed by atoms with E-state index in [0.29, 0.717) is 6.42 Å². The highest BCUT2D eigenvalue weighted by molar-refractivity contribution is 9.10. The Balaban J connectivity index is 2.04. The summed E-state index contributed by atoms with van der Waals surface area (Å²) in [6, 6.07) is 5.42. The van der Waals surface area contributed by atoms with Gasteiger partial charge >= 0.3 is 0 Å². The maximum absolute atomic E-state index is 13.8. The van der Waals surface area contributed by atoms with Crippen molar-refractivity contribution in [2.75, 3.05) is 13.7 Å². The molecule has 0 amide bonds. The lowest BCUT2D eigenvalue weighted by Gasteiger charge is -2.30. The summed E-state index contributed by atoms with van der Waals surface area (Å²) in [7, 11) is 1.92. The second-order valence-corrected chi connectivity index (χ2v) is 5.66. The van der Waals surface area contributed by atoms with Gasteiger partial charge < -0.3 is 10.1 Å². The number of rotatable bonds is 4. The molecule has 0 spiro atoms. The molecule has 0 bridgehead atoms. The Bertz CT molecular complexity index is 393. The van der Waals surface area contributed by atoms with Crippen molar-refractivity contribution in [3.8, 4) is 0 Å². The maximum Gasteiger partial charge on any atom is 0.127 e. The molecular weight excluding hydrogens is 297 g/mol. The molecule has 4 heteroatoms. The fourth-order valence-electron chi connectivity index (χ4n) is 2.43. The summed E-state index contributed by atoms with van der Waals surface area (Å²) in [6.45, 7) is 0.825. The molecule has 1 saturated heterocycles. The summed E-state index contributed by atoms with van der Waals surface area (Å²) in [6.07, 6.45) is 4.27. The fourth-order valence-corrected chi connectivity index (χ4v) is 2.76. The van der Waals surface area contributed by atoms with E-state index in [0.717, 1.165) is 29.5 Å². The van der Waals surface area contributed by atoms with Crippen molar-refractivity contribution in [2.45, 2.75) is 37.8 Å². The highest BCUT2D eigenvalue weighted by Gasteiger charge is 2.24. The third-order valence-electron chi connectivity index (χ3n) is 3.49. The standard InChI is InChI=1S/C14H19BrFNO/c1-17-13(14-4-2-3-7-18-14)8-10-5-6-11(15)9-12(10)16/h5-6,9,13-14,17H,2-4,7-8H2,1H3. The second kappa shape index (κ2) is 6.64. The van der Waals surface area contributed by atoms with Crippen LogP contribution in [0.2, 0.25) is 0 Å². The first-order valence-corrected chi connectivity index (χ1v) is 7.23. The van der Waals surface area contributed by atoms with Crippen LogP contribution >= 0.6 is 15.9 Å². The highest BCUT2D eigenvalue weighted by Crippen LogP contribution is 2.21. The molecule has 2 rings (SSSR count). The van der Waals surface area contributed by atoms with Crippen molar-refractivity contribution in [1.29, 1.82) is 0 Å². The van der Waals surface area contributed by atoms with Gasteiger partial charge in [-0.3, -0.25) is 0 Å². The van der Waals surface area contributed by atoms with Gasteiger partial charge in [0.25, 0.3) is 0 Å². The molecule has 2 atom stereocenters. The zero-order valence-corrected chi connectivity index (χ0v) is 12.2. The van der Waals surface area contributed by atoms with Crippen LogP contribution < -0.4 is 5.32 Å². The number of nitrogens with one attached hydrogen (secondary N) is 1. The maximum atomic E-state index is 13.8. The molecule has 1 aromatic rings. The van der Waals surface area contributed by atoms with Gasteiger partial charge in [0.1, 0.15) is 5.82 Å². The Labute approximate surface area is 116 Å². The van der Waals surface area contributed by atoms with Crippen LogP contribution in [0.15, 0.2) is 22.7 Å². The van der Waals surface area contributed by atoms with E-state index < -0.39 is 0 Å². The molecule has 1 fully saturated rings. The van der Waals surface area contributed by atoms with Crippen LogP contribution in [0.1, 0.15) is 24.8 Å². The van der Waals surface area contributed by atoms with Crippen LogP contribution in [-0.2, 0) is 11.2 Å². The molecule has 100 valence electrons. The Hall–Kier alpha value is -0.450. The minimum Gasteiger partial charge on any atom is -0.377 e. The number of halogens is 2. The van der Waals surface area contributed by atoms with E-state index in [1.54, 1.807) is 0 Å². The highest BCUT2D eigenvalue weighted by atomic mass is 79.9. The van der Waals surface area contributed by atoms with Crippen molar-refractivity contribution in [3.63, 3.8) is 0 Å². The topological polar surface area (TPSA) is 21.3 Å². The lowest BCUT2D eigenvalue weighted by Crippen LogP contribution is -2.42. The molecule has 0 radical (unpaired) electrons. The molecule has 0 aliphatic carbocycles. The van der Waals surface area contributed by atoms with Gasteiger partial charge in [-0.15, -0.1) is 0 Å². The lowest BCUT2D eigenvalue weighted by atomic mass is 9.96. The van der Waals surface area contributed by atoms with Gasteiger partial charge in [0.2, 0.25) is 0 Å². The van der Waals surface area contributed by atoms with Gasteiger partial charge in [0.15, 0.2) is 0 Å². The van der Waals surface area contributed by atoms with E-state index in [1.165, 1.54) is 12.5 Å². The molecule has 0 saturated carbocycles. The molecule has 1 aromatic carbocycles. The van der Waals surface area contributed by atoms with Gasteiger partial charge in [-0.25, -0.2) is 4.39 Å². The van der Waals surface area contributed by atoms with Crippen LogP contribution in [0, 0.1) is 5.82 Å². The molecule has 18 heavy (non-hydrogen) atoms. The normalized spacial score (nSPS) is 21.8. The first-order chi connectivity index (χ1) is 8.70. The number of likely N-dealkylation sites (N-methyl/N-ethyl adjacent to an activating group) is 1. The molecular formula is C14H19BrFNO. The Morgan fingerprint density at radius 1 is 1.50 bits per heavy atom. The van der Waals surface area contributed by atoms with Crippen LogP contribution in [0.4, 0.5) is 4.39 Å². The molecule has 0 aromatic heterocycles. The summed E-state index contributed by atoms with van der Waals surface area (Å²) in [5.74, 6) is -0.152. The van der Waals surface area contributed by atoms with Gasteiger partial charge in [-0.05, 0) is 50.4 Å². The molecule has 1 heterocycles. The number of ether oxygens (including phenoxy) is 1. The zero-order valence-electron chi connectivity index (χ0n) is 10.6. The van der Waals surface area contributed by atoms with Gasteiger partial charge in [0.05, 0.1) is 6.10 Å². The molecule has 2 unspecified atom stereocenters. The summed E-state index contributed by atoms with van der Waals surface area (Å²) in [5, 5.41) is 3.26. The average molecular weight is 316 g/mol. The van der Waals surface area contributed by atoms with Crippen molar-refractivity contribution in [1.82, 2.24) is 5.32 Å². The van der Waals surface area contributed by atoms with Crippen molar-refractivity contribution in [3.05, 3.63) is 34.1 Å². The van der Waals surface area contributed by atoms with E-state index in [-0.39, 0.29) is 18.0 Å². The zero-order chi connectivity index (χ0) is 13.0. The minimum atomic E-state index is -0.152. The average Bonchev–Trinajstić information content (AvgIpc) is 2.39. The van der Waals surface area contributed by atoms with E-state index >= 15 is 0 Å². The first-order valence-electron chi connectivity index (χ1n) is 6.43. The van der Waals surface area contributed by atoms with Crippen molar-refractivity contribution in [2.24, 2.45) is 0 Å². The quantitative estimate of drug-likeness (QED) is 0.920. The lowest BCUT2D eigenvalue weighted by molar-refractivity contribution is -0.00601. The Kier molecular flexibility index (Phi) is 5.15. The Morgan fingerprint density at radius 2 is 2.33 bits per heavy atom. The third-order valence-corrected chi connectivity index (χ3v) is 3.98. The third kappa shape index (κ3) is 3.53. The molecule has 1 aliphatic rings. The van der Waals surface area contributed by atoms with E-state index in [2.05, 4.69) is 21.2 Å². The number of hydrogen-bond donors (Lipinski definition) is 1. The first kappa shape index (κ1) is 14.0. The van der Waals surface area contributed by atoms with Gasteiger partial charge in [0, 0.05) is 17.1 Å². The Morgan fingerprint density at radius 3 is 2.94 bits per heavy atom. The monoisotopic (exact) mass is 315 g/mol.